The van der Waals surface area contributed by atoms with Gasteiger partial charge in [0.05, 0.1) is 18.0 Å². The Hall–Kier alpha value is -1.04. The van der Waals surface area contributed by atoms with E-state index in [1.54, 1.807) is 12.4 Å². The Morgan fingerprint density at radius 3 is 2.94 bits per heavy atom. The second-order valence-electron chi connectivity index (χ2n) is 4.72. The van der Waals surface area contributed by atoms with E-state index in [1.165, 1.54) is 0 Å². The molecule has 1 fully saturated rings. The third-order valence-electron chi connectivity index (χ3n) is 3.19. The predicted molar refractivity (Wildman–Crippen MR) is 65.5 cm³/mol. The monoisotopic (exact) mass is 236 g/mol. The summed E-state index contributed by atoms with van der Waals surface area (Å²) in [5, 5.41) is 9.41. The van der Waals surface area contributed by atoms with Crippen molar-refractivity contribution in [2.45, 2.75) is 19.5 Å². The van der Waals surface area contributed by atoms with Gasteiger partial charge in [0, 0.05) is 44.6 Å². The number of aliphatic hydroxyl groups excluding tert-OH is 1. The summed E-state index contributed by atoms with van der Waals surface area (Å²) in [7, 11) is 2.09. The van der Waals surface area contributed by atoms with E-state index in [9.17, 15) is 5.11 Å². The lowest BCUT2D eigenvalue weighted by atomic mass is 10.1. The maximum absolute atomic E-state index is 9.41. The number of likely N-dealkylation sites (N-methyl/N-ethyl adjacent to an activating group) is 1. The van der Waals surface area contributed by atoms with Crippen molar-refractivity contribution in [2.75, 3.05) is 33.3 Å². The standard InChI is InChI=1S/C12H20N4O/c1-10-5-13-6-11(14-10)7-16-4-3-15(2)8-12(16)9-17/h5-6,12,17H,3-4,7-9H2,1-2H3. The molecule has 0 aromatic carbocycles. The Kier molecular flexibility index (Phi) is 4.04. The molecule has 1 aliphatic rings. The highest BCUT2D eigenvalue weighted by Gasteiger charge is 2.24. The number of hydrogen-bond acceptors (Lipinski definition) is 5. The second kappa shape index (κ2) is 5.53. The van der Waals surface area contributed by atoms with E-state index in [0.717, 1.165) is 37.6 Å². The summed E-state index contributed by atoms with van der Waals surface area (Å²) in [5.74, 6) is 0. The molecule has 5 nitrogen and oxygen atoms in total. The first-order valence-corrected chi connectivity index (χ1v) is 6.00. The molecule has 2 heterocycles. The van der Waals surface area contributed by atoms with Crippen molar-refractivity contribution in [3.8, 4) is 0 Å². The van der Waals surface area contributed by atoms with E-state index < -0.39 is 0 Å². The van der Waals surface area contributed by atoms with Crippen molar-refractivity contribution in [2.24, 2.45) is 0 Å². The zero-order valence-electron chi connectivity index (χ0n) is 10.5. The highest BCUT2D eigenvalue weighted by atomic mass is 16.3. The van der Waals surface area contributed by atoms with Crippen LogP contribution in [0, 0.1) is 6.92 Å². The van der Waals surface area contributed by atoms with Gasteiger partial charge in [0.1, 0.15) is 0 Å². The van der Waals surface area contributed by atoms with E-state index in [4.69, 9.17) is 0 Å². The molecule has 17 heavy (non-hydrogen) atoms. The number of hydrogen-bond donors (Lipinski definition) is 1. The van der Waals surface area contributed by atoms with E-state index in [0.29, 0.717) is 0 Å². The third-order valence-corrected chi connectivity index (χ3v) is 3.19. The fourth-order valence-electron chi connectivity index (χ4n) is 2.23. The maximum atomic E-state index is 9.41. The molecule has 1 saturated heterocycles. The predicted octanol–water partition coefficient (Wildman–Crippen LogP) is -0.107. The van der Waals surface area contributed by atoms with Crippen LogP contribution in [0.5, 0.6) is 0 Å². The summed E-state index contributed by atoms with van der Waals surface area (Å²) in [6.45, 7) is 5.84. The zero-order chi connectivity index (χ0) is 12.3. The van der Waals surface area contributed by atoms with E-state index in [1.807, 2.05) is 6.92 Å². The number of piperazine rings is 1. The highest BCUT2D eigenvalue weighted by molar-refractivity contribution is 5.02. The van der Waals surface area contributed by atoms with Gasteiger partial charge in [-0.1, -0.05) is 0 Å². The lowest BCUT2D eigenvalue weighted by molar-refractivity contribution is 0.0449. The Bertz CT molecular complexity index is 371. The van der Waals surface area contributed by atoms with Crippen LogP contribution in [0.3, 0.4) is 0 Å². The quantitative estimate of drug-likeness (QED) is 0.794. The molecule has 0 aliphatic carbocycles. The van der Waals surface area contributed by atoms with Crippen LogP contribution in [0.4, 0.5) is 0 Å². The van der Waals surface area contributed by atoms with E-state index in [2.05, 4.69) is 26.8 Å². The van der Waals surface area contributed by atoms with E-state index >= 15 is 0 Å². The first-order valence-electron chi connectivity index (χ1n) is 6.00. The molecule has 1 atom stereocenters. The third kappa shape index (κ3) is 3.21. The SMILES string of the molecule is Cc1cncc(CN2CCN(C)CC2CO)n1. The molecule has 1 aromatic heterocycles. The van der Waals surface area contributed by atoms with Crippen molar-refractivity contribution in [3.05, 3.63) is 23.8 Å². The first kappa shape index (κ1) is 12.4. The van der Waals surface area contributed by atoms with Gasteiger partial charge in [0.15, 0.2) is 0 Å². The minimum atomic E-state index is 0.198. The minimum Gasteiger partial charge on any atom is -0.395 e. The van der Waals surface area contributed by atoms with Gasteiger partial charge < -0.3 is 10.0 Å². The average Bonchev–Trinajstić information content (AvgIpc) is 2.31. The fourth-order valence-corrected chi connectivity index (χ4v) is 2.23. The Morgan fingerprint density at radius 2 is 2.24 bits per heavy atom. The molecular formula is C12H20N4O. The largest absolute Gasteiger partial charge is 0.395 e. The van der Waals surface area contributed by atoms with Gasteiger partial charge in [0.25, 0.3) is 0 Å². The molecule has 2 rings (SSSR count). The van der Waals surface area contributed by atoms with Gasteiger partial charge in [-0.05, 0) is 14.0 Å². The van der Waals surface area contributed by atoms with Crippen molar-refractivity contribution in [3.63, 3.8) is 0 Å². The summed E-state index contributed by atoms with van der Waals surface area (Å²) < 4.78 is 0. The van der Waals surface area contributed by atoms with Crippen LogP contribution in [-0.4, -0.2) is 64.2 Å². The van der Waals surface area contributed by atoms with Gasteiger partial charge in [-0.2, -0.15) is 0 Å². The zero-order valence-corrected chi connectivity index (χ0v) is 10.5. The van der Waals surface area contributed by atoms with Crippen LogP contribution >= 0.6 is 0 Å². The van der Waals surface area contributed by atoms with Crippen LogP contribution in [0.15, 0.2) is 12.4 Å². The number of aryl methyl sites for hydroxylation is 1. The van der Waals surface area contributed by atoms with Crippen molar-refractivity contribution in [1.29, 1.82) is 0 Å². The van der Waals surface area contributed by atoms with Crippen molar-refractivity contribution in [1.82, 2.24) is 19.8 Å². The van der Waals surface area contributed by atoms with Crippen LogP contribution < -0.4 is 0 Å². The molecular weight excluding hydrogens is 216 g/mol. The maximum Gasteiger partial charge on any atom is 0.0730 e. The molecule has 0 spiro atoms. The lowest BCUT2D eigenvalue weighted by Crippen LogP contribution is -2.52. The lowest BCUT2D eigenvalue weighted by Gasteiger charge is -2.38. The van der Waals surface area contributed by atoms with Crippen LogP contribution in [0.2, 0.25) is 0 Å². The average molecular weight is 236 g/mol. The van der Waals surface area contributed by atoms with Crippen LogP contribution in [0.1, 0.15) is 11.4 Å². The van der Waals surface area contributed by atoms with Crippen molar-refractivity contribution < 1.29 is 5.11 Å². The number of nitrogens with zero attached hydrogens (tertiary/aromatic N) is 4. The Balaban J connectivity index is 2.02. The van der Waals surface area contributed by atoms with Crippen LogP contribution in [0.25, 0.3) is 0 Å². The topological polar surface area (TPSA) is 52.5 Å². The molecule has 94 valence electrons. The Morgan fingerprint density at radius 1 is 1.41 bits per heavy atom. The fraction of sp³-hybridized carbons (Fsp3) is 0.667. The van der Waals surface area contributed by atoms with Gasteiger partial charge in [-0.15, -0.1) is 0 Å². The number of rotatable bonds is 3. The molecule has 0 saturated carbocycles. The van der Waals surface area contributed by atoms with Crippen LogP contribution in [-0.2, 0) is 6.54 Å². The minimum absolute atomic E-state index is 0.198. The highest BCUT2D eigenvalue weighted by Crippen LogP contribution is 2.11. The summed E-state index contributed by atoms with van der Waals surface area (Å²) in [6, 6.07) is 0.205. The summed E-state index contributed by atoms with van der Waals surface area (Å²) in [6.07, 6.45) is 3.57. The normalized spacial score (nSPS) is 22.9. The smallest absolute Gasteiger partial charge is 0.0730 e. The molecule has 0 bridgehead atoms. The second-order valence-corrected chi connectivity index (χ2v) is 4.72. The van der Waals surface area contributed by atoms with Gasteiger partial charge in [-0.3, -0.25) is 14.9 Å². The van der Waals surface area contributed by atoms with Gasteiger partial charge in [0.2, 0.25) is 0 Å². The summed E-state index contributed by atoms with van der Waals surface area (Å²) in [5.41, 5.74) is 1.92. The van der Waals surface area contributed by atoms with Gasteiger partial charge >= 0.3 is 0 Å². The van der Waals surface area contributed by atoms with E-state index in [-0.39, 0.29) is 12.6 Å². The molecule has 0 amide bonds. The summed E-state index contributed by atoms with van der Waals surface area (Å²) >= 11 is 0. The molecule has 0 radical (unpaired) electrons. The molecule has 1 unspecified atom stereocenters. The molecule has 1 aliphatic heterocycles. The van der Waals surface area contributed by atoms with Gasteiger partial charge in [-0.25, -0.2) is 0 Å². The van der Waals surface area contributed by atoms with Crippen molar-refractivity contribution >= 4 is 0 Å². The number of aromatic nitrogens is 2. The first-order chi connectivity index (χ1) is 8.19. The Labute approximate surface area is 102 Å². The number of aliphatic hydroxyl groups is 1. The molecule has 1 aromatic rings. The molecule has 1 N–H and O–H groups in total. The molecule has 5 heteroatoms. The summed E-state index contributed by atoms with van der Waals surface area (Å²) in [4.78, 5) is 13.1.